The molecule has 21 heavy (non-hydrogen) atoms. The van der Waals surface area contributed by atoms with E-state index < -0.39 is 26.8 Å². The van der Waals surface area contributed by atoms with E-state index in [0.717, 1.165) is 12.8 Å². The first-order valence-electron chi connectivity index (χ1n) is 7.08. The Morgan fingerprint density at radius 2 is 1.86 bits per heavy atom. The summed E-state index contributed by atoms with van der Waals surface area (Å²) in [5.74, 6) is -1.26. The van der Waals surface area contributed by atoms with Crippen LogP contribution in [0.2, 0.25) is 0 Å². The smallest absolute Gasteiger partial charge is 0.305 e. The van der Waals surface area contributed by atoms with Gasteiger partial charge in [-0.25, -0.2) is 8.42 Å². The first-order chi connectivity index (χ1) is 9.38. The van der Waals surface area contributed by atoms with Crippen LogP contribution in [0.3, 0.4) is 0 Å². The van der Waals surface area contributed by atoms with Gasteiger partial charge in [-0.3, -0.25) is 9.59 Å². The van der Waals surface area contributed by atoms with Crippen molar-refractivity contribution in [2.45, 2.75) is 52.0 Å². The van der Waals surface area contributed by atoms with Crippen molar-refractivity contribution in [2.75, 3.05) is 12.0 Å². The molecule has 0 radical (unpaired) electrons. The van der Waals surface area contributed by atoms with Gasteiger partial charge < -0.3 is 10.4 Å². The molecule has 0 spiro atoms. The van der Waals surface area contributed by atoms with E-state index in [1.807, 2.05) is 13.8 Å². The second-order valence-electron chi connectivity index (χ2n) is 6.94. The van der Waals surface area contributed by atoms with Crippen LogP contribution in [0.15, 0.2) is 0 Å². The SMILES string of the molecule is CC(C)C(C)(CC(=O)O)NC(=O)CC1(CS(C)(=O)=O)CC1. The summed E-state index contributed by atoms with van der Waals surface area (Å²) >= 11 is 0. The highest BCUT2D eigenvalue weighted by Crippen LogP contribution is 2.49. The Kier molecular flexibility index (Phi) is 5.08. The van der Waals surface area contributed by atoms with Crippen LogP contribution in [0.1, 0.15) is 46.5 Å². The molecule has 1 atom stereocenters. The third-order valence-electron chi connectivity index (χ3n) is 4.28. The molecular formula is C14H25NO5S. The molecule has 0 aromatic heterocycles. The van der Waals surface area contributed by atoms with Gasteiger partial charge in [-0.1, -0.05) is 13.8 Å². The van der Waals surface area contributed by atoms with Crippen molar-refractivity contribution in [2.24, 2.45) is 11.3 Å². The maximum atomic E-state index is 12.2. The Hall–Kier alpha value is -1.11. The zero-order valence-corrected chi connectivity index (χ0v) is 13.9. The topological polar surface area (TPSA) is 101 Å². The zero-order valence-electron chi connectivity index (χ0n) is 13.1. The van der Waals surface area contributed by atoms with Gasteiger partial charge in [-0.05, 0) is 31.1 Å². The standard InChI is InChI=1S/C14H25NO5S/c1-10(2)13(3,8-12(17)18)15-11(16)7-14(5-6-14)9-21(4,19)20/h10H,5-9H2,1-4H3,(H,15,16)(H,17,18). The lowest BCUT2D eigenvalue weighted by Gasteiger charge is -2.34. The first-order valence-corrected chi connectivity index (χ1v) is 9.14. The highest BCUT2D eigenvalue weighted by Gasteiger charge is 2.47. The van der Waals surface area contributed by atoms with Crippen LogP contribution in [0, 0.1) is 11.3 Å². The summed E-state index contributed by atoms with van der Waals surface area (Å²) in [6, 6.07) is 0. The molecule has 2 N–H and O–H groups in total. The van der Waals surface area contributed by atoms with Gasteiger partial charge in [0.05, 0.1) is 12.2 Å². The van der Waals surface area contributed by atoms with E-state index in [0.29, 0.717) is 0 Å². The molecule has 1 fully saturated rings. The minimum Gasteiger partial charge on any atom is -0.481 e. The fourth-order valence-electron chi connectivity index (χ4n) is 2.52. The number of carbonyl (C=O) groups is 2. The lowest BCUT2D eigenvalue weighted by atomic mass is 9.84. The lowest BCUT2D eigenvalue weighted by Crippen LogP contribution is -2.51. The van der Waals surface area contributed by atoms with Gasteiger partial charge in [0, 0.05) is 18.2 Å². The normalized spacial score (nSPS) is 19.9. The van der Waals surface area contributed by atoms with Gasteiger partial charge in [0.2, 0.25) is 5.91 Å². The van der Waals surface area contributed by atoms with Crippen LogP contribution in [0.5, 0.6) is 0 Å². The minimum atomic E-state index is -3.12. The molecule has 0 aromatic rings. The predicted octanol–water partition coefficient (Wildman–Crippen LogP) is 1.21. The number of nitrogens with one attached hydrogen (secondary N) is 1. The number of carbonyl (C=O) groups excluding carboxylic acids is 1. The fraction of sp³-hybridized carbons (Fsp3) is 0.857. The number of amides is 1. The molecular weight excluding hydrogens is 294 g/mol. The number of hydrogen-bond acceptors (Lipinski definition) is 4. The molecule has 0 heterocycles. The summed E-state index contributed by atoms with van der Waals surface area (Å²) in [5.41, 5.74) is -1.27. The first kappa shape index (κ1) is 17.9. The van der Waals surface area contributed by atoms with E-state index >= 15 is 0 Å². The average Bonchev–Trinajstić information content (AvgIpc) is 2.91. The van der Waals surface area contributed by atoms with Crippen LogP contribution in [0.4, 0.5) is 0 Å². The average molecular weight is 319 g/mol. The van der Waals surface area contributed by atoms with E-state index in [1.54, 1.807) is 6.92 Å². The van der Waals surface area contributed by atoms with Gasteiger partial charge in [-0.2, -0.15) is 0 Å². The molecule has 0 saturated heterocycles. The van der Waals surface area contributed by atoms with E-state index in [9.17, 15) is 18.0 Å². The van der Waals surface area contributed by atoms with Gasteiger partial charge >= 0.3 is 5.97 Å². The molecule has 1 saturated carbocycles. The second kappa shape index (κ2) is 5.94. The van der Waals surface area contributed by atoms with Crippen LogP contribution in [-0.4, -0.2) is 42.9 Å². The summed E-state index contributed by atoms with van der Waals surface area (Å²) in [6.07, 6.45) is 2.61. The predicted molar refractivity (Wildman–Crippen MR) is 79.6 cm³/mol. The number of sulfone groups is 1. The molecule has 1 aliphatic rings. The highest BCUT2D eigenvalue weighted by molar-refractivity contribution is 7.90. The van der Waals surface area contributed by atoms with Crippen molar-refractivity contribution in [3.63, 3.8) is 0 Å². The van der Waals surface area contributed by atoms with Crippen molar-refractivity contribution in [1.29, 1.82) is 0 Å². The lowest BCUT2D eigenvalue weighted by molar-refractivity contribution is -0.139. The number of hydrogen-bond donors (Lipinski definition) is 2. The fourth-order valence-corrected chi connectivity index (χ4v) is 4.02. The quantitative estimate of drug-likeness (QED) is 0.700. The monoisotopic (exact) mass is 319 g/mol. The number of carboxylic acids is 1. The molecule has 7 heteroatoms. The Morgan fingerprint density at radius 3 is 2.19 bits per heavy atom. The van der Waals surface area contributed by atoms with Crippen molar-refractivity contribution in [3.8, 4) is 0 Å². The van der Waals surface area contributed by atoms with Crippen molar-refractivity contribution in [1.82, 2.24) is 5.32 Å². The number of rotatable bonds is 8. The van der Waals surface area contributed by atoms with Crippen molar-refractivity contribution in [3.05, 3.63) is 0 Å². The third kappa shape index (κ3) is 5.65. The van der Waals surface area contributed by atoms with Crippen LogP contribution in [-0.2, 0) is 19.4 Å². The molecule has 1 amide bonds. The maximum absolute atomic E-state index is 12.2. The van der Waals surface area contributed by atoms with E-state index in [2.05, 4.69) is 5.32 Å². The molecule has 1 unspecified atom stereocenters. The van der Waals surface area contributed by atoms with Gasteiger partial charge in [-0.15, -0.1) is 0 Å². The van der Waals surface area contributed by atoms with Crippen LogP contribution in [0.25, 0.3) is 0 Å². The molecule has 0 bridgehead atoms. The van der Waals surface area contributed by atoms with Gasteiger partial charge in [0.1, 0.15) is 9.84 Å². The Balaban J connectivity index is 2.69. The van der Waals surface area contributed by atoms with E-state index in [1.165, 1.54) is 6.26 Å². The summed E-state index contributed by atoms with van der Waals surface area (Å²) in [7, 11) is -3.12. The van der Waals surface area contributed by atoms with E-state index in [-0.39, 0.29) is 30.4 Å². The third-order valence-corrected chi connectivity index (χ3v) is 5.42. The van der Waals surface area contributed by atoms with Crippen LogP contribution < -0.4 is 5.32 Å². The van der Waals surface area contributed by atoms with Gasteiger partial charge in [0.25, 0.3) is 0 Å². The highest BCUT2D eigenvalue weighted by atomic mass is 32.2. The van der Waals surface area contributed by atoms with Gasteiger partial charge in [0.15, 0.2) is 0 Å². The summed E-state index contributed by atoms with van der Waals surface area (Å²) in [5, 5.41) is 11.8. The van der Waals surface area contributed by atoms with Crippen LogP contribution >= 0.6 is 0 Å². The molecule has 6 nitrogen and oxygen atoms in total. The molecule has 0 aliphatic heterocycles. The molecule has 122 valence electrons. The Morgan fingerprint density at radius 1 is 1.33 bits per heavy atom. The summed E-state index contributed by atoms with van der Waals surface area (Å²) < 4.78 is 22.8. The summed E-state index contributed by atoms with van der Waals surface area (Å²) in [4.78, 5) is 23.1. The molecule has 1 rings (SSSR count). The Labute approximate surface area is 126 Å². The maximum Gasteiger partial charge on any atom is 0.305 e. The number of carboxylic acid groups (broad SMARTS) is 1. The number of aliphatic carboxylic acids is 1. The molecule has 1 aliphatic carbocycles. The zero-order chi connectivity index (χ0) is 16.5. The van der Waals surface area contributed by atoms with Crippen molar-refractivity contribution >= 4 is 21.7 Å². The second-order valence-corrected chi connectivity index (χ2v) is 9.08. The largest absolute Gasteiger partial charge is 0.481 e. The van der Waals surface area contributed by atoms with E-state index in [4.69, 9.17) is 5.11 Å². The van der Waals surface area contributed by atoms with Crippen molar-refractivity contribution < 1.29 is 23.1 Å². The molecule has 0 aromatic carbocycles. The summed E-state index contributed by atoms with van der Waals surface area (Å²) in [6.45, 7) is 5.42. The minimum absolute atomic E-state index is 0.0186. The Bertz CT molecular complexity index is 521.